The van der Waals surface area contributed by atoms with Crippen molar-refractivity contribution < 1.29 is 28.5 Å². The Bertz CT molecular complexity index is 959. The fourth-order valence-corrected chi connectivity index (χ4v) is 4.90. The van der Waals surface area contributed by atoms with Crippen molar-refractivity contribution in [1.29, 1.82) is 0 Å². The van der Waals surface area contributed by atoms with E-state index in [0.717, 1.165) is 32.1 Å². The number of carboxylic acids is 1. The van der Waals surface area contributed by atoms with Crippen molar-refractivity contribution in [2.45, 2.75) is 70.4 Å². The number of aliphatic carboxylic acids is 1. The highest BCUT2D eigenvalue weighted by Gasteiger charge is 2.32. The third-order valence-electron chi connectivity index (χ3n) is 7.05. The first-order valence-electron chi connectivity index (χ1n) is 12.1. The fourth-order valence-electron chi connectivity index (χ4n) is 4.90. The zero-order valence-corrected chi connectivity index (χ0v) is 21.2. The number of β-amino-alcohol motifs (C(OH)–C–C–N with tert-alkyl or cyclic N) is 1. The van der Waals surface area contributed by atoms with E-state index < -0.39 is 23.7 Å². The molecule has 8 heteroatoms. The van der Waals surface area contributed by atoms with Crippen LogP contribution in [0.25, 0.3) is 0 Å². The van der Waals surface area contributed by atoms with E-state index >= 15 is 0 Å². The smallest absolute Gasteiger partial charge is 0.303 e. The normalized spacial score (nSPS) is 14.3. The monoisotopic (exact) mass is 511 g/mol. The van der Waals surface area contributed by atoms with Crippen LogP contribution in [0.3, 0.4) is 0 Å². The predicted molar refractivity (Wildman–Crippen MR) is 134 cm³/mol. The number of halogens is 3. The van der Waals surface area contributed by atoms with Gasteiger partial charge in [-0.15, -0.1) is 12.4 Å². The minimum atomic E-state index is -1.17. The molecule has 0 radical (unpaired) electrons. The zero-order chi connectivity index (χ0) is 24.7. The van der Waals surface area contributed by atoms with Gasteiger partial charge in [0.1, 0.15) is 12.7 Å². The van der Waals surface area contributed by atoms with E-state index in [9.17, 15) is 18.7 Å². The van der Waals surface area contributed by atoms with Crippen molar-refractivity contribution in [3.05, 3.63) is 64.7 Å². The molecule has 194 valence electrons. The van der Waals surface area contributed by atoms with Gasteiger partial charge in [0, 0.05) is 18.5 Å². The van der Waals surface area contributed by atoms with E-state index in [1.165, 1.54) is 23.3 Å². The maximum absolute atomic E-state index is 14.3. The Morgan fingerprint density at radius 2 is 1.74 bits per heavy atom. The summed E-state index contributed by atoms with van der Waals surface area (Å²) in [6.45, 7) is 4.38. The third-order valence-corrected chi connectivity index (χ3v) is 7.05. The number of carboxylic acid groups (broad SMARTS) is 1. The molecule has 5 nitrogen and oxygen atoms in total. The van der Waals surface area contributed by atoms with E-state index in [1.54, 1.807) is 0 Å². The van der Waals surface area contributed by atoms with Crippen LogP contribution in [0.15, 0.2) is 36.4 Å². The van der Waals surface area contributed by atoms with Crippen LogP contribution in [0, 0.1) is 17.6 Å². The molecule has 35 heavy (non-hydrogen) atoms. The van der Waals surface area contributed by atoms with Crippen molar-refractivity contribution in [2.75, 3.05) is 13.2 Å². The van der Waals surface area contributed by atoms with Crippen molar-refractivity contribution >= 4 is 18.4 Å². The van der Waals surface area contributed by atoms with Crippen LogP contribution < -0.4 is 10.1 Å². The summed E-state index contributed by atoms with van der Waals surface area (Å²) < 4.78 is 33.9. The summed E-state index contributed by atoms with van der Waals surface area (Å²) in [5.74, 6) is -3.10. The molecule has 0 aliphatic heterocycles. The van der Waals surface area contributed by atoms with Crippen LogP contribution in [-0.2, 0) is 24.1 Å². The van der Waals surface area contributed by atoms with Gasteiger partial charge in [0.15, 0.2) is 11.6 Å². The van der Waals surface area contributed by atoms with Gasteiger partial charge in [0.05, 0.1) is 0 Å². The highest BCUT2D eigenvalue weighted by molar-refractivity contribution is 5.85. The first-order chi connectivity index (χ1) is 16.3. The lowest BCUT2D eigenvalue weighted by Crippen LogP contribution is -2.49. The number of hydrogen-bond donors (Lipinski definition) is 3. The van der Waals surface area contributed by atoms with Gasteiger partial charge in [-0.2, -0.15) is 4.39 Å². The van der Waals surface area contributed by atoms with E-state index in [-0.39, 0.29) is 55.3 Å². The molecule has 0 fully saturated rings. The topological polar surface area (TPSA) is 78.8 Å². The molecule has 3 rings (SSSR count). The molecule has 0 aromatic heterocycles. The minimum absolute atomic E-state index is 0. The second-order valence-electron chi connectivity index (χ2n) is 9.32. The number of carbonyl (C=O) groups is 1. The number of ether oxygens (including phenoxy) is 1. The van der Waals surface area contributed by atoms with E-state index in [1.807, 2.05) is 0 Å². The number of rotatable bonds is 13. The Kier molecular flexibility index (Phi) is 10.9. The number of aliphatic hydroxyl groups excluding tert-OH is 1. The van der Waals surface area contributed by atoms with Gasteiger partial charge >= 0.3 is 5.97 Å². The number of aliphatic hydroxyl groups is 1. The standard InChI is InChI=1S/C27H35F2NO4.ClH/c1-3-27(4-2,15-18-13-20-7-5-6-8-21(20)14-18)30-16-22(31)17-34-23-11-9-19(10-12-24(32)33)25(28)26(23)29;/h5-9,11,18,22,30-31H,3-4,10,12-17H2,1-2H3,(H,32,33);1H/t22-;/m1./s1. The average molecular weight is 512 g/mol. The summed E-state index contributed by atoms with van der Waals surface area (Å²) in [5, 5.41) is 22.7. The van der Waals surface area contributed by atoms with Gasteiger partial charge < -0.3 is 20.3 Å². The molecule has 3 N–H and O–H groups in total. The summed E-state index contributed by atoms with van der Waals surface area (Å²) in [5.41, 5.74) is 2.71. The SMILES string of the molecule is CCC(CC)(CC1Cc2ccccc2C1)NC[C@@H](O)COc1ccc(CCC(=O)O)c(F)c1F.Cl. The Morgan fingerprint density at radius 3 is 2.31 bits per heavy atom. The van der Waals surface area contributed by atoms with Gasteiger partial charge in [0.25, 0.3) is 0 Å². The lowest BCUT2D eigenvalue weighted by Gasteiger charge is -2.36. The zero-order valence-electron chi connectivity index (χ0n) is 20.4. The molecule has 2 aromatic rings. The lowest BCUT2D eigenvalue weighted by atomic mass is 9.81. The molecule has 0 bridgehead atoms. The fraction of sp³-hybridized carbons (Fsp3) is 0.519. The van der Waals surface area contributed by atoms with Gasteiger partial charge in [-0.3, -0.25) is 4.79 Å². The summed E-state index contributed by atoms with van der Waals surface area (Å²) in [6, 6.07) is 11.2. The second kappa shape index (κ2) is 13.2. The number of nitrogens with one attached hydrogen (secondary N) is 1. The van der Waals surface area contributed by atoms with Gasteiger partial charge in [-0.25, -0.2) is 4.39 Å². The molecule has 0 amide bonds. The van der Waals surface area contributed by atoms with Crippen molar-refractivity contribution in [2.24, 2.45) is 5.92 Å². The molecular formula is C27H36ClF2NO4. The van der Waals surface area contributed by atoms with Crippen molar-refractivity contribution in [3.8, 4) is 5.75 Å². The molecule has 0 unspecified atom stereocenters. The number of fused-ring (bicyclic) bond motifs is 1. The van der Waals surface area contributed by atoms with Gasteiger partial charge in [0.2, 0.25) is 5.82 Å². The summed E-state index contributed by atoms with van der Waals surface area (Å²) in [6.07, 6.45) is 3.69. The summed E-state index contributed by atoms with van der Waals surface area (Å²) in [7, 11) is 0. The molecular weight excluding hydrogens is 476 g/mol. The van der Waals surface area contributed by atoms with Crippen molar-refractivity contribution in [3.63, 3.8) is 0 Å². The molecule has 1 aliphatic carbocycles. The Balaban J connectivity index is 0.00000432. The molecule has 2 aromatic carbocycles. The highest BCUT2D eigenvalue weighted by Crippen LogP contribution is 2.34. The van der Waals surface area contributed by atoms with E-state index in [2.05, 4.69) is 43.4 Å². The number of aryl methyl sites for hydroxylation is 1. The van der Waals surface area contributed by atoms with E-state index in [4.69, 9.17) is 9.84 Å². The van der Waals surface area contributed by atoms with Gasteiger partial charge in [-0.05, 0) is 67.2 Å². The quantitative estimate of drug-likeness (QED) is 0.349. The average Bonchev–Trinajstić information content (AvgIpc) is 3.24. The third kappa shape index (κ3) is 7.63. The molecule has 0 saturated carbocycles. The van der Waals surface area contributed by atoms with E-state index in [0.29, 0.717) is 5.92 Å². The first kappa shape index (κ1) is 29.0. The first-order valence-corrected chi connectivity index (χ1v) is 12.1. The Morgan fingerprint density at radius 1 is 1.11 bits per heavy atom. The summed E-state index contributed by atoms with van der Waals surface area (Å²) in [4.78, 5) is 10.7. The largest absolute Gasteiger partial charge is 0.488 e. The van der Waals surface area contributed by atoms with Crippen LogP contribution in [0.1, 0.15) is 56.2 Å². The molecule has 1 aliphatic rings. The van der Waals surface area contributed by atoms with Crippen LogP contribution >= 0.6 is 12.4 Å². The van der Waals surface area contributed by atoms with Crippen LogP contribution in [0.2, 0.25) is 0 Å². The molecule has 0 saturated heterocycles. The maximum atomic E-state index is 14.3. The number of hydrogen-bond acceptors (Lipinski definition) is 4. The van der Waals surface area contributed by atoms with Crippen LogP contribution in [0.5, 0.6) is 5.75 Å². The van der Waals surface area contributed by atoms with Gasteiger partial charge in [-0.1, -0.05) is 44.2 Å². The highest BCUT2D eigenvalue weighted by atomic mass is 35.5. The maximum Gasteiger partial charge on any atom is 0.303 e. The molecule has 0 heterocycles. The predicted octanol–water partition coefficient (Wildman–Crippen LogP) is 5.10. The molecule has 1 atom stereocenters. The minimum Gasteiger partial charge on any atom is -0.488 e. The Labute approximate surface area is 212 Å². The lowest BCUT2D eigenvalue weighted by molar-refractivity contribution is -0.136. The van der Waals surface area contributed by atoms with Crippen molar-refractivity contribution in [1.82, 2.24) is 5.32 Å². The number of benzene rings is 2. The molecule has 0 spiro atoms. The van der Waals surface area contributed by atoms with Crippen LogP contribution in [-0.4, -0.2) is 41.0 Å². The second-order valence-corrected chi connectivity index (χ2v) is 9.32. The van der Waals surface area contributed by atoms with Crippen LogP contribution in [0.4, 0.5) is 8.78 Å². The Hall–Kier alpha value is -2.22. The summed E-state index contributed by atoms with van der Waals surface area (Å²) >= 11 is 0.